The van der Waals surface area contributed by atoms with Crippen molar-refractivity contribution in [3.8, 4) is 0 Å². The van der Waals surface area contributed by atoms with Crippen LogP contribution >= 0.6 is 11.3 Å². The number of nitrogens with zero attached hydrogens (tertiary/aromatic N) is 1. The molecule has 2 rings (SSSR count). The van der Waals surface area contributed by atoms with Crippen LogP contribution in [0.25, 0.3) is 0 Å². The lowest BCUT2D eigenvalue weighted by molar-refractivity contribution is -0.133. The summed E-state index contributed by atoms with van der Waals surface area (Å²) < 4.78 is 0. The van der Waals surface area contributed by atoms with E-state index in [-0.39, 0.29) is 12.1 Å². The first-order valence-electron chi connectivity index (χ1n) is 7.09. The zero-order valence-electron chi connectivity index (χ0n) is 12.3. The van der Waals surface area contributed by atoms with Gasteiger partial charge in [-0.2, -0.15) is 11.3 Å². The summed E-state index contributed by atoms with van der Waals surface area (Å²) in [6.45, 7) is 9.32. The van der Waals surface area contributed by atoms with Gasteiger partial charge in [-0.05, 0) is 48.1 Å². The van der Waals surface area contributed by atoms with Crippen molar-refractivity contribution >= 4 is 17.2 Å². The second-order valence-corrected chi connectivity index (χ2v) is 6.75. The van der Waals surface area contributed by atoms with Gasteiger partial charge < -0.3 is 4.90 Å². The average Bonchev–Trinajstić information content (AvgIpc) is 2.96. The van der Waals surface area contributed by atoms with E-state index >= 15 is 0 Å². The Bertz CT molecular complexity index is 429. The van der Waals surface area contributed by atoms with E-state index in [1.165, 1.54) is 5.56 Å². The molecule has 1 fully saturated rings. The Hall–Kier alpha value is -0.870. The van der Waals surface area contributed by atoms with E-state index in [4.69, 9.17) is 0 Å². The monoisotopic (exact) mass is 280 g/mol. The molecule has 0 aromatic carbocycles. The van der Waals surface area contributed by atoms with Crippen molar-refractivity contribution in [1.82, 2.24) is 10.2 Å². The number of nitrogens with one attached hydrogen (secondary N) is 1. The molecule has 1 aromatic rings. The third kappa shape index (κ3) is 2.84. The topological polar surface area (TPSA) is 32.3 Å². The van der Waals surface area contributed by atoms with Crippen LogP contribution < -0.4 is 5.32 Å². The molecule has 2 heterocycles. The predicted molar refractivity (Wildman–Crippen MR) is 80.1 cm³/mol. The standard InChI is InChI=1S/C15H24N2OS/c1-5-15(4)14(18)17(8-6-11(2)3)13(16-15)12-7-9-19-10-12/h7,9-11,13,16H,5-6,8H2,1-4H3. The molecular formula is C15H24N2OS. The van der Waals surface area contributed by atoms with Crippen LogP contribution in [0.5, 0.6) is 0 Å². The van der Waals surface area contributed by atoms with Gasteiger partial charge in [-0.15, -0.1) is 0 Å². The van der Waals surface area contributed by atoms with Gasteiger partial charge in [0, 0.05) is 6.54 Å². The average molecular weight is 280 g/mol. The smallest absolute Gasteiger partial charge is 0.244 e. The SMILES string of the molecule is CCC1(C)NC(c2ccsc2)N(CCC(C)C)C1=O. The molecule has 3 nitrogen and oxygen atoms in total. The highest BCUT2D eigenvalue weighted by molar-refractivity contribution is 7.07. The molecule has 1 amide bonds. The van der Waals surface area contributed by atoms with Crippen LogP contribution in [0.4, 0.5) is 0 Å². The fourth-order valence-electron chi connectivity index (χ4n) is 2.45. The molecule has 19 heavy (non-hydrogen) atoms. The molecule has 0 saturated carbocycles. The summed E-state index contributed by atoms with van der Waals surface area (Å²) in [5.74, 6) is 0.858. The zero-order valence-corrected chi connectivity index (χ0v) is 13.1. The number of carbonyl (C=O) groups excluding carboxylic acids is 1. The molecule has 2 atom stereocenters. The minimum atomic E-state index is -0.413. The van der Waals surface area contributed by atoms with E-state index in [1.54, 1.807) is 11.3 Å². The predicted octanol–water partition coefficient (Wildman–Crippen LogP) is 3.39. The van der Waals surface area contributed by atoms with Crippen molar-refractivity contribution in [1.29, 1.82) is 0 Å². The van der Waals surface area contributed by atoms with Crippen molar-refractivity contribution in [3.63, 3.8) is 0 Å². The summed E-state index contributed by atoms with van der Waals surface area (Å²) in [6, 6.07) is 2.11. The Morgan fingerprint density at radius 2 is 2.26 bits per heavy atom. The number of hydrogen-bond donors (Lipinski definition) is 1. The molecule has 4 heteroatoms. The molecule has 0 aliphatic carbocycles. The van der Waals surface area contributed by atoms with E-state index in [2.05, 4.69) is 42.9 Å². The molecule has 1 aliphatic heterocycles. The van der Waals surface area contributed by atoms with E-state index in [9.17, 15) is 4.79 Å². The maximum Gasteiger partial charge on any atom is 0.244 e. The van der Waals surface area contributed by atoms with Crippen molar-refractivity contribution in [2.24, 2.45) is 5.92 Å². The largest absolute Gasteiger partial charge is 0.321 e. The fraction of sp³-hybridized carbons (Fsp3) is 0.667. The Kier molecular flexibility index (Phi) is 4.31. The number of amides is 1. The quantitative estimate of drug-likeness (QED) is 0.896. The maximum absolute atomic E-state index is 12.6. The maximum atomic E-state index is 12.6. The normalized spacial score (nSPS) is 27.5. The van der Waals surface area contributed by atoms with Crippen LogP contribution in [0.15, 0.2) is 16.8 Å². The summed E-state index contributed by atoms with van der Waals surface area (Å²) >= 11 is 1.68. The van der Waals surface area contributed by atoms with Gasteiger partial charge in [-0.3, -0.25) is 10.1 Å². The second kappa shape index (κ2) is 5.63. The summed E-state index contributed by atoms with van der Waals surface area (Å²) in [5.41, 5.74) is 0.795. The third-order valence-electron chi connectivity index (χ3n) is 4.01. The highest BCUT2D eigenvalue weighted by atomic mass is 32.1. The number of thiophene rings is 1. The Morgan fingerprint density at radius 1 is 1.53 bits per heavy atom. The summed E-state index contributed by atoms with van der Waals surface area (Å²) in [7, 11) is 0. The first-order chi connectivity index (χ1) is 8.98. The first-order valence-corrected chi connectivity index (χ1v) is 8.03. The van der Waals surface area contributed by atoms with Crippen LogP contribution in [0, 0.1) is 5.92 Å². The van der Waals surface area contributed by atoms with Crippen LogP contribution in [-0.4, -0.2) is 22.9 Å². The van der Waals surface area contributed by atoms with Crippen LogP contribution in [0.1, 0.15) is 52.3 Å². The molecule has 1 aromatic heterocycles. The number of hydrogen-bond acceptors (Lipinski definition) is 3. The number of carbonyl (C=O) groups is 1. The molecule has 1 saturated heterocycles. The van der Waals surface area contributed by atoms with E-state index in [0.717, 1.165) is 19.4 Å². The first kappa shape index (κ1) is 14.5. The van der Waals surface area contributed by atoms with Crippen LogP contribution in [0.3, 0.4) is 0 Å². The van der Waals surface area contributed by atoms with Crippen LogP contribution in [0.2, 0.25) is 0 Å². The van der Waals surface area contributed by atoms with Crippen molar-refractivity contribution < 1.29 is 4.79 Å². The Morgan fingerprint density at radius 3 is 2.79 bits per heavy atom. The summed E-state index contributed by atoms with van der Waals surface area (Å²) in [4.78, 5) is 14.7. The van der Waals surface area contributed by atoms with E-state index < -0.39 is 5.54 Å². The molecule has 1 aliphatic rings. The summed E-state index contributed by atoms with van der Waals surface area (Å²) in [5, 5.41) is 7.73. The second-order valence-electron chi connectivity index (χ2n) is 5.97. The molecular weight excluding hydrogens is 256 g/mol. The summed E-state index contributed by atoms with van der Waals surface area (Å²) in [6.07, 6.45) is 1.92. The molecule has 0 bridgehead atoms. The van der Waals surface area contributed by atoms with Crippen molar-refractivity contribution in [3.05, 3.63) is 22.4 Å². The van der Waals surface area contributed by atoms with Crippen molar-refractivity contribution in [2.45, 2.75) is 52.2 Å². The Labute approximate surface area is 120 Å². The molecule has 106 valence electrons. The van der Waals surface area contributed by atoms with Gasteiger partial charge in [0.25, 0.3) is 0 Å². The Balaban J connectivity index is 2.21. The molecule has 0 radical (unpaired) electrons. The minimum absolute atomic E-state index is 0.0439. The van der Waals surface area contributed by atoms with E-state index in [0.29, 0.717) is 5.92 Å². The van der Waals surface area contributed by atoms with Gasteiger partial charge in [-0.1, -0.05) is 20.8 Å². The van der Waals surface area contributed by atoms with E-state index in [1.807, 2.05) is 11.8 Å². The highest BCUT2D eigenvalue weighted by Gasteiger charge is 2.46. The van der Waals surface area contributed by atoms with Gasteiger partial charge >= 0.3 is 0 Å². The lowest BCUT2D eigenvalue weighted by Gasteiger charge is -2.24. The molecule has 1 N–H and O–H groups in total. The lowest BCUT2D eigenvalue weighted by Crippen LogP contribution is -2.43. The lowest BCUT2D eigenvalue weighted by atomic mass is 9.99. The number of rotatable bonds is 5. The van der Waals surface area contributed by atoms with Crippen LogP contribution in [-0.2, 0) is 4.79 Å². The van der Waals surface area contributed by atoms with Gasteiger partial charge in [0.2, 0.25) is 5.91 Å². The molecule has 0 spiro atoms. The van der Waals surface area contributed by atoms with Gasteiger partial charge in [0.1, 0.15) is 6.17 Å². The van der Waals surface area contributed by atoms with Gasteiger partial charge in [0.15, 0.2) is 0 Å². The minimum Gasteiger partial charge on any atom is -0.321 e. The van der Waals surface area contributed by atoms with Gasteiger partial charge in [-0.25, -0.2) is 0 Å². The van der Waals surface area contributed by atoms with Gasteiger partial charge in [0.05, 0.1) is 5.54 Å². The third-order valence-corrected chi connectivity index (χ3v) is 4.71. The zero-order chi connectivity index (χ0) is 14.0. The fourth-order valence-corrected chi connectivity index (χ4v) is 3.13. The molecule has 2 unspecified atom stereocenters. The highest BCUT2D eigenvalue weighted by Crippen LogP contribution is 2.33. The van der Waals surface area contributed by atoms with Crippen molar-refractivity contribution in [2.75, 3.05) is 6.54 Å².